The summed E-state index contributed by atoms with van der Waals surface area (Å²) in [5, 5.41) is 23.6. The minimum Gasteiger partial charge on any atom is -0.307 e. The van der Waals surface area contributed by atoms with Crippen LogP contribution < -0.4 is 5.32 Å². The van der Waals surface area contributed by atoms with Crippen LogP contribution in [-0.4, -0.2) is 33.8 Å². The van der Waals surface area contributed by atoms with E-state index < -0.39 is 0 Å². The summed E-state index contributed by atoms with van der Waals surface area (Å²) in [6.07, 6.45) is 2.33. The van der Waals surface area contributed by atoms with Crippen LogP contribution >= 0.6 is 11.6 Å². The number of carbonyl (C=O) groups is 1. The number of halogens is 1. The van der Waals surface area contributed by atoms with Crippen molar-refractivity contribution >= 4 is 28.4 Å². The topological polar surface area (TPSA) is 94.5 Å². The van der Waals surface area contributed by atoms with Crippen LogP contribution in [0.15, 0.2) is 30.3 Å². The average Bonchev–Trinajstić information content (AvgIpc) is 3.31. The third-order valence-electron chi connectivity index (χ3n) is 4.67. The van der Waals surface area contributed by atoms with E-state index in [0.717, 1.165) is 36.0 Å². The number of carbonyl (C=O) groups excluding carboxylic acids is 1. The van der Waals surface area contributed by atoms with E-state index in [0.29, 0.717) is 28.1 Å². The predicted octanol–water partition coefficient (Wildman–Crippen LogP) is 3.01. The molecule has 7 heteroatoms. The molecule has 2 aromatic carbocycles. The number of nitrogens with zero attached hydrogens (tertiary/aromatic N) is 3. The van der Waals surface area contributed by atoms with E-state index in [1.54, 1.807) is 18.2 Å². The monoisotopic (exact) mass is 365 g/mol. The highest BCUT2D eigenvalue weighted by Crippen LogP contribution is 2.25. The van der Waals surface area contributed by atoms with E-state index in [4.69, 9.17) is 16.9 Å². The molecule has 0 aliphatic carbocycles. The van der Waals surface area contributed by atoms with Crippen molar-refractivity contribution in [3.05, 3.63) is 57.6 Å². The first-order valence-corrected chi connectivity index (χ1v) is 8.82. The van der Waals surface area contributed by atoms with Crippen LogP contribution in [0.3, 0.4) is 0 Å². The predicted molar refractivity (Wildman–Crippen MR) is 98.2 cm³/mol. The number of hydrogen-bond acceptors (Lipinski definition) is 5. The van der Waals surface area contributed by atoms with Crippen LogP contribution in [0.25, 0.3) is 11.0 Å². The fourth-order valence-electron chi connectivity index (χ4n) is 3.45. The zero-order valence-electron chi connectivity index (χ0n) is 13.9. The van der Waals surface area contributed by atoms with Crippen molar-refractivity contribution in [1.82, 2.24) is 20.7 Å². The lowest BCUT2D eigenvalue weighted by atomic mass is 9.93. The second kappa shape index (κ2) is 6.87. The van der Waals surface area contributed by atoms with Gasteiger partial charge < -0.3 is 5.32 Å². The molecule has 2 heterocycles. The first-order chi connectivity index (χ1) is 12.6. The molecule has 1 aliphatic rings. The van der Waals surface area contributed by atoms with Gasteiger partial charge in [0.25, 0.3) is 0 Å². The summed E-state index contributed by atoms with van der Waals surface area (Å²) in [5.41, 5.74) is 4.34. The van der Waals surface area contributed by atoms with Crippen molar-refractivity contribution in [2.24, 2.45) is 0 Å². The van der Waals surface area contributed by atoms with E-state index in [-0.39, 0.29) is 11.8 Å². The fourth-order valence-corrected chi connectivity index (χ4v) is 3.70. The summed E-state index contributed by atoms with van der Waals surface area (Å²) in [6.45, 7) is 0.859. The normalized spacial score (nSPS) is 16.7. The molecule has 1 unspecified atom stereocenters. The highest BCUT2D eigenvalue weighted by atomic mass is 35.5. The van der Waals surface area contributed by atoms with Gasteiger partial charge >= 0.3 is 0 Å². The molecular formula is C19H16ClN5O. The second-order valence-corrected chi connectivity index (χ2v) is 6.92. The zero-order valence-corrected chi connectivity index (χ0v) is 14.7. The van der Waals surface area contributed by atoms with E-state index in [1.165, 1.54) is 0 Å². The maximum Gasteiger partial charge on any atom is 0.180 e. The van der Waals surface area contributed by atoms with Gasteiger partial charge in [0.15, 0.2) is 5.78 Å². The Hall–Kier alpha value is -2.75. The maximum atomic E-state index is 13.0. The third kappa shape index (κ3) is 3.19. The summed E-state index contributed by atoms with van der Waals surface area (Å²) in [4.78, 5) is 13.0. The zero-order chi connectivity index (χ0) is 18.1. The Morgan fingerprint density at radius 3 is 2.96 bits per heavy atom. The lowest BCUT2D eigenvalue weighted by Crippen LogP contribution is -2.31. The Kier molecular flexibility index (Phi) is 4.41. The summed E-state index contributed by atoms with van der Waals surface area (Å²) in [6, 6.07) is 10.9. The first-order valence-electron chi connectivity index (χ1n) is 8.45. The minimum absolute atomic E-state index is 0.0740. The van der Waals surface area contributed by atoms with E-state index >= 15 is 0 Å². The molecular weight excluding hydrogens is 350 g/mol. The molecule has 1 atom stereocenters. The molecule has 4 rings (SSSR count). The maximum absolute atomic E-state index is 13.0. The van der Waals surface area contributed by atoms with Crippen LogP contribution in [0.1, 0.15) is 39.9 Å². The SMILES string of the molecule is N#Cc1cc(Cl)cc(Cc2cc3[nH]nnc3cc2C(=O)C2CCCN2)c1. The van der Waals surface area contributed by atoms with Crippen molar-refractivity contribution < 1.29 is 4.79 Å². The van der Waals surface area contributed by atoms with Crippen molar-refractivity contribution in [3.8, 4) is 6.07 Å². The molecule has 0 bridgehead atoms. The molecule has 0 amide bonds. The van der Waals surface area contributed by atoms with Gasteiger partial charge in [-0.05, 0) is 67.3 Å². The molecule has 0 saturated carbocycles. The van der Waals surface area contributed by atoms with Crippen LogP contribution in [0, 0.1) is 11.3 Å². The molecule has 1 aromatic heterocycles. The molecule has 130 valence electrons. The summed E-state index contributed by atoms with van der Waals surface area (Å²) in [5.74, 6) is 0.0740. The first kappa shape index (κ1) is 16.7. The van der Waals surface area contributed by atoms with E-state index in [9.17, 15) is 4.79 Å². The largest absolute Gasteiger partial charge is 0.307 e. The Morgan fingerprint density at radius 2 is 2.19 bits per heavy atom. The third-order valence-corrected chi connectivity index (χ3v) is 4.89. The van der Waals surface area contributed by atoms with Crippen molar-refractivity contribution in [2.75, 3.05) is 6.54 Å². The molecule has 1 saturated heterocycles. The number of H-pyrrole nitrogens is 1. The molecule has 3 aromatic rings. The number of benzene rings is 2. The van der Waals surface area contributed by atoms with Gasteiger partial charge in [0.05, 0.1) is 23.2 Å². The number of fused-ring (bicyclic) bond motifs is 1. The smallest absolute Gasteiger partial charge is 0.180 e. The number of rotatable bonds is 4. The van der Waals surface area contributed by atoms with Crippen LogP contribution in [-0.2, 0) is 6.42 Å². The molecule has 6 nitrogen and oxygen atoms in total. The molecule has 1 fully saturated rings. The van der Waals surface area contributed by atoms with Crippen LogP contribution in [0.2, 0.25) is 5.02 Å². The number of Topliss-reactive ketones (excluding diaryl/α,β-unsaturated/α-hetero) is 1. The Bertz CT molecular complexity index is 1030. The van der Waals surface area contributed by atoms with Gasteiger partial charge in [0, 0.05) is 10.6 Å². The minimum atomic E-state index is -0.160. The van der Waals surface area contributed by atoms with Gasteiger partial charge in [0.1, 0.15) is 5.52 Å². The lowest BCUT2D eigenvalue weighted by molar-refractivity contribution is 0.0951. The van der Waals surface area contributed by atoms with Gasteiger partial charge in [-0.3, -0.25) is 9.89 Å². The number of aromatic amines is 1. The Balaban J connectivity index is 1.77. The van der Waals surface area contributed by atoms with Gasteiger partial charge in [-0.25, -0.2) is 0 Å². The summed E-state index contributed by atoms with van der Waals surface area (Å²) < 4.78 is 0. The van der Waals surface area contributed by atoms with E-state index in [1.807, 2.05) is 12.1 Å². The van der Waals surface area contributed by atoms with Crippen LogP contribution in [0.4, 0.5) is 0 Å². The number of aromatic nitrogens is 3. The van der Waals surface area contributed by atoms with Gasteiger partial charge in [0.2, 0.25) is 0 Å². The number of ketones is 1. The van der Waals surface area contributed by atoms with Gasteiger partial charge in [-0.15, -0.1) is 5.10 Å². The van der Waals surface area contributed by atoms with Crippen molar-refractivity contribution in [1.29, 1.82) is 5.26 Å². The number of hydrogen-bond donors (Lipinski definition) is 2. The Morgan fingerprint density at radius 1 is 1.31 bits per heavy atom. The summed E-state index contributed by atoms with van der Waals surface area (Å²) >= 11 is 6.12. The standard InChI is InChI=1S/C19H16ClN5O/c20-14-6-11(4-12(7-14)10-21)5-13-8-17-18(24-25-23-17)9-15(13)19(26)16-2-1-3-22-16/h4,6-9,16,22H,1-3,5H2,(H,23,24,25). The molecule has 26 heavy (non-hydrogen) atoms. The molecule has 2 N–H and O–H groups in total. The number of nitriles is 1. The second-order valence-electron chi connectivity index (χ2n) is 6.49. The van der Waals surface area contributed by atoms with Gasteiger partial charge in [-0.2, -0.15) is 5.26 Å². The molecule has 0 spiro atoms. The molecule has 0 radical (unpaired) electrons. The summed E-state index contributed by atoms with van der Waals surface area (Å²) in [7, 11) is 0. The van der Waals surface area contributed by atoms with Crippen LogP contribution in [0.5, 0.6) is 0 Å². The number of nitrogens with one attached hydrogen (secondary N) is 2. The fraction of sp³-hybridized carbons (Fsp3) is 0.263. The van der Waals surface area contributed by atoms with Crippen molar-refractivity contribution in [2.45, 2.75) is 25.3 Å². The quantitative estimate of drug-likeness (QED) is 0.693. The lowest BCUT2D eigenvalue weighted by Gasteiger charge is -2.14. The van der Waals surface area contributed by atoms with Gasteiger partial charge in [-0.1, -0.05) is 16.8 Å². The van der Waals surface area contributed by atoms with Crippen molar-refractivity contribution in [3.63, 3.8) is 0 Å². The Labute approximate surface area is 155 Å². The molecule has 1 aliphatic heterocycles. The highest BCUT2D eigenvalue weighted by Gasteiger charge is 2.26. The highest BCUT2D eigenvalue weighted by molar-refractivity contribution is 6.30. The van der Waals surface area contributed by atoms with E-state index in [2.05, 4.69) is 26.8 Å². The average molecular weight is 366 g/mol.